The van der Waals surface area contributed by atoms with Crippen LogP contribution >= 0.6 is 0 Å². The first-order valence-electron chi connectivity index (χ1n) is 8.33. The Balaban J connectivity index is 1.51. The SMILES string of the molecule is C[C@@H]1CCC2C(C1)C1CC2C2C3CCC(C3)C12. The standard InChI is InChI=1S/C17H26/c1-9-2-5-12-13(6-9)15-8-14(12)16-10-3-4-11(7-10)17(15)16/h9-17H,2-8H2,1H3/t9-,10?,11?,12?,13?,14?,15?,16?,17?/m1/s1. The Morgan fingerprint density at radius 2 is 1.29 bits per heavy atom. The van der Waals surface area contributed by atoms with Crippen LogP contribution in [0, 0.1) is 53.3 Å². The van der Waals surface area contributed by atoms with Gasteiger partial charge in [0.25, 0.3) is 0 Å². The van der Waals surface area contributed by atoms with Crippen molar-refractivity contribution in [3.05, 3.63) is 0 Å². The molecule has 5 aliphatic carbocycles. The molecule has 5 aliphatic rings. The largest absolute Gasteiger partial charge is 0.0625 e. The molecule has 0 nitrogen and oxygen atoms in total. The van der Waals surface area contributed by atoms with Crippen molar-refractivity contribution < 1.29 is 0 Å². The molecule has 0 heteroatoms. The van der Waals surface area contributed by atoms with Crippen LogP contribution in [0.25, 0.3) is 0 Å². The Bertz CT molecular complexity index is 346. The zero-order chi connectivity index (χ0) is 11.1. The van der Waals surface area contributed by atoms with E-state index in [2.05, 4.69) is 6.92 Å². The molecule has 94 valence electrons. The van der Waals surface area contributed by atoms with Crippen LogP contribution in [-0.2, 0) is 0 Å². The van der Waals surface area contributed by atoms with Crippen LogP contribution in [0.5, 0.6) is 0 Å². The maximum Gasteiger partial charge on any atom is -0.0321 e. The summed E-state index contributed by atoms with van der Waals surface area (Å²) in [7, 11) is 0. The van der Waals surface area contributed by atoms with Gasteiger partial charge in [0, 0.05) is 0 Å². The minimum atomic E-state index is 1.05. The second-order valence-corrected chi connectivity index (χ2v) is 8.30. The first kappa shape index (κ1) is 9.87. The summed E-state index contributed by atoms with van der Waals surface area (Å²) in [6.45, 7) is 2.51. The molecule has 0 spiro atoms. The Kier molecular flexibility index (Phi) is 1.81. The summed E-state index contributed by atoms with van der Waals surface area (Å²) in [6, 6.07) is 0. The zero-order valence-corrected chi connectivity index (χ0v) is 11.1. The van der Waals surface area contributed by atoms with Gasteiger partial charge in [-0.2, -0.15) is 0 Å². The van der Waals surface area contributed by atoms with Gasteiger partial charge in [0.2, 0.25) is 0 Å². The third-order valence-electron chi connectivity index (χ3n) is 7.90. The second-order valence-electron chi connectivity index (χ2n) is 8.30. The summed E-state index contributed by atoms with van der Waals surface area (Å²) in [5.41, 5.74) is 0. The molecule has 5 fully saturated rings. The minimum Gasteiger partial charge on any atom is -0.0625 e. The lowest BCUT2D eigenvalue weighted by Gasteiger charge is -2.46. The lowest BCUT2D eigenvalue weighted by molar-refractivity contribution is 0.0196. The quantitative estimate of drug-likeness (QED) is 0.543. The summed E-state index contributed by atoms with van der Waals surface area (Å²) in [6.07, 6.45) is 11.3. The molecule has 8 unspecified atom stereocenters. The van der Waals surface area contributed by atoms with Gasteiger partial charge >= 0.3 is 0 Å². The molecule has 0 aliphatic heterocycles. The van der Waals surface area contributed by atoms with Gasteiger partial charge in [-0.25, -0.2) is 0 Å². The lowest BCUT2D eigenvalue weighted by atomic mass is 9.59. The molecule has 5 saturated carbocycles. The normalized spacial score (nSPS) is 67.2. The molecule has 0 aromatic heterocycles. The molecule has 0 saturated heterocycles. The van der Waals surface area contributed by atoms with Crippen LogP contribution in [0.1, 0.15) is 51.9 Å². The van der Waals surface area contributed by atoms with E-state index in [0.717, 1.165) is 5.92 Å². The number of hydrogen-bond donors (Lipinski definition) is 0. The third kappa shape index (κ3) is 1.08. The Hall–Kier alpha value is 0. The lowest BCUT2D eigenvalue weighted by Crippen LogP contribution is -2.40. The van der Waals surface area contributed by atoms with Gasteiger partial charge in [0.05, 0.1) is 0 Å². The summed E-state index contributed by atoms with van der Waals surface area (Å²) in [5, 5.41) is 0. The Labute approximate surface area is 106 Å². The molecule has 9 atom stereocenters. The van der Waals surface area contributed by atoms with E-state index in [1.807, 2.05) is 0 Å². The van der Waals surface area contributed by atoms with E-state index >= 15 is 0 Å². The Morgan fingerprint density at radius 1 is 0.588 bits per heavy atom. The van der Waals surface area contributed by atoms with E-state index in [1.54, 1.807) is 44.9 Å². The van der Waals surface area contributed by atoms with Crippen molar-refractivity contribution in [2.45, 2.75) is 51.9 Å². The number of hydrogen-bond acceptors (Lipinski definition) is 0. The first-order valence-corrected chi connectivity index (χ1v) is 8.33. The van der Waals surface area contributed by atoms with Crippen LogP contribution < -0.4 is 0 Å². The van der Waals surface area contributed by atoms with Crippen molar-refractivity contribution >= 4 is 0 Å². The molecule has 0 N–H and O–H groups in total. The molecule has 0 amide bonds. The van der Waals surface area contributed by atoms with E-state index in [4.69, 9.17) is 0 Å². The summed E-state index contributed by atoms with van der Waals surface area (Å²) in [4.78, 5) is 0. The first-order chi connectivity index (χ1) is 8.33. The van der Waals surface area contributed by atoms with Crippen molar-refractivity contribution in [2.75, 3.05) is 0 Å². The third-order valence-corrected chi connectivity index (χ3v) is 7.90. The molecule has 0 aromatic carbocycles. The van der Waals surface area contributed by atoms with E-state index in [-0.39, 0.29) is 0 Å². The summed E-state index contributed by atoms with van der Waals surface area (Å²) < 4.78 is 0. The monoisotopic (exact) mass is 230 g/mol. The van der Waals surface area contributed by atoms with Crippen LogP contribution in [0.15, 0.2) is 0 Å². The van der Waals surface area contributed by atoms with Gasteiger partial charge in [-0.05, 0) is 91.8 Å². The molecule has 5 rings (SSSR count). The maximum atomic E-state index is 2.51. The van der Waals surface area contributed by atoms with E-state index < -0.39 is 0 Å². The van der Waals surface area contributed by atoms with Crippen LogP contribution in [0.2, 0.25) is 0 Å². The van der Waals surface area contributed by atoms with E-state index in [0.29, 0.717) is 0 Å². The minimum absolute atomic E-state index is 1.05. The van der Waals surface area contributed by atoms with E-state index in [1.165, 1.54) is 47.3 Å². The second kappa shape index (κ2) is 3.11. The fourth-order valence-electron chi connectivity index (χ4n) is 7.67. The van der Waals surface area contributed by atoms with Crippen molar-refractivity contribution in [1.29, 1.82) is 0 Å². The van der Waals surface area contributed by atoms with Crippen molar-refractivity contribution in [1.82, 2.24) is 0 Å². The van der Waals surface area contributed by atoms with Gasteiger partial charge in [0.1, 0.15) is 0 Å². The van der Waals surface area contributed by atoms with Gasteiger partial charge < -0.3 is 0 Å². The number of fused-ring (bicyclic) bond motifs is 12. The fourth-order valence-corrected chi connectivity index (χ4v) is 7.67. The average Bonchev–Trinajstić information content (AvgIpc) is 3.06. The molecule has 0 heterocycles. The highest BCUT2D eigenvalue weighted by molar-refractivity contribution is 5.14. The van der Waals surface area contributed by atoms with Crippen molar-refractivity contribution in [2.24, 2.45) is 53.3 Å². The van der Waals surface area contributed by atoms with Crippen LogP contribution in [0.3, 0.4) is 0 Å². The van der Waals surface area contributed by atoms with Gasteiger partial charge in [-0.3, -0.25) is 0 Å². The Morgan fingerprint density at radius 3 is 2.06 bits per heavy atom. The molecule has 0 radical (unpaired) electrons. The van der Waals surface area contributed by atoms with Gasteiger partial charge in [-0.1, -0.05) is 13.3 Å². The van der Waals surface area contributed by atoms with Gasteiger partial charge in [0.15, 0.2) is 0 Å². The fraction of sp³-hybridized carbons (Fsp3) is 1.00. The van der Waals surface area contributed by atoms with Crippen molar-refractivity contribution in [3.8, 4) is 0 Å². The predicted molar refractivity (Wildman–Crippen MR) is 69.4 cm³/mol. The van der Waals surface area contributed by atoms with E-state index in [9.17, 15) is 0 Å². The predicted octanol–water partition coefficient (Wildman–Crippen LogP) is 4.35. The smallest absolute Gasteiger partial charge is 0.0321 e. The summed E-state index contributed by atoms with van der Waals surface area (Å²) in [5.74, 6) is 10.7. The zero-order valence-electron chi connectivity index (χ0n) is 11.1. The van der Waals surface area contributed by atoms with Crippen molar-refractivity contribution in [3.63, 3.8) is 0 Å². The highest BCUT2D eigenvalue weighted by atomic mass is 14.7. The van der Waals surface area contributed by atoms with Crippen LogP contribution in [-0.4, -0.2) is 0 Å². The number of rotatable bonds is 0. The molecular formula is C17H26. The van der Waals surface area contributed by atoms with Gasteiger partial charge in [-0.15, -0.1) is 0 Å². The topological polar surface area (TPSA) is 0 Å². The highest BCUT2D eigenvalue weighted by Gasteiger charge is 2.65. The summed E-state index contributed by atoms with van der Waals surface area (Å²) >= 11 is 0. The molecular weight excluding hydrogens is 204 g/mol. The average molecular weight is 230 g/mol. The highest BCUT2D eigenvalue weighted by Crippen LogP contribution is 2.72. The molecule has 4 bridgehead atoms. The van der Waals surface area contributed by atoms with Crippen LogP contribution in [0.4, 0.5) is 0 Å². The molecule has 17 heavy (non-hydrogen) atoms. The molecule has 0 aromatic rings. The maximum absolute atomic E-state index is 2.51.